The molecule has 2 unspecified atom stereocenters. The Kier molecular flexibility index (Phi) is 8.20. The van der Waals surface area contributed by atoms with Crippen LogP contribution in [0.3, 0.4) is 0 Å². The van der Waals surface area contributed by atoms with Crippen LogP contribution in [0.4, 0.5) is 10.5 Å². The first-order chi connectivity index (χ1) is 16.4. The minimum Gasteiger partial charge on any atom is -0.444 e. The molecule has 7 nitrogen and oxygen atoms in total. The van der Waals surface area contributed by atoms with Crippen LogP contribution in [0.2, 0.25) is 0 Å². The summed E-state index contributed by atoms with van der Waals surface area (Å²) < 4.78 is 5.49. The van der Waals surface area contributed by atoms with Crippen LogP contribution in [0.25, 0.3) is 0 Å². The first-order valence-corrected chi connectivity index (χ1v) is 12.2. The van der Waals surface area contributed by atoms with Gasteiger partial charge in [0.25, 0.3) is 5.91 Å². The number of nitrogens with one attached hydrogen (secondary N) is 2. The molecule has 1 aliphatic rings. The topological polar surface area (TPSA) is 87.7 Å². The third-order valence-corrected chi connectivity index (χ3v) is 5.99. The van der Waals surface area contributed by atoms with Gasteiger partial charge in [0, 0.05) is 12.2 Å². The van der Waals surface area contributed by atoms with E-state index in [0.717, 1.165) is 5.56 Å². The van der Waals surface area contributed by atoms with Crippen molar-refractivity contribution in [3.05, 3.63) is 65.2 Å². The van der Waals surface area contributed by atoms with Crippen LogP contribution < -0.4 is 10.6 Å². The molecule has 2 aromatic carbocycles. The van der Waals surface area contributed by atoms with E-state index in [1.54, 1.807) is 20.8 Å². The number of amides is 3. The molecule has 35 heavy (non-hydrogen) atoms. The third kappa shape index (κ3) is 7.07. The quantitative estimate of drug-likeness (QED) is 0.587. The van der Waals surface area contributed by atoms with Gasteiger partial charge >= 0.3 is 6.09 Å². The molecule has 3 rings (SSSR count). The molecule has 0 bridgehead atoms. The zero-order chi connectivity index (χ0) is 25.8. The molecule has 2 N–H and O–H groups in total. The average Bonchev–Trinajstić information content (AvgIpc) is 3.28. The van der Waals surface area contributed by atoms with Gasteiger partial charge in [-0.05, 0) is 69.7 Å². The lowest BCUT2D eigenvalue weighted by atomic mass is 10.0. The van der Waals surface area contributed by atoms with Gasteiger partial charge in [-0.25, -0.2) is 4.79 Å². The molecule has 188 valence electrons. The van der Waals surface area contributed by atoms with Crippen molar-refractivity contribution in [1.82, 2.24) is 10.2 Å². The second-order valence-electron chi connectivity index (χ2n) is 10.5. The number of carbonyl (C=O) groups excluding carboxylic acids is 3. The molecule has 1 heterocycles. The highest BCUT2D eigenvalue weighted by atomic mass is 16.6. The smallest absolute Gasteiger partial charge is 0.410 e. The number of hydrogen-bond acceptors (Lipinski definition) is 4. The van der Waals surface area contributed by atoms with Gasteiger partial charge in [0.2, 0.25) is 5.91 Å². The monoisotopic (exact) mass is 479 g/mol. The number of ether oxygens (including phenoxy) is 1. The van der Waals surface area contributed by atoms with E-state index in [9.17, 15) is 14.4 Å². The maximum Gasteiger partial charge on any atom is 0.410 e. The van der Waals surface area contributed by atoms with Gasteiger partial charge < -0.3 is 15.4 Å². The summed E-state index contributed by atoms with van der Waals surface area (Å²) in [5.41, 5.74) is 2.89. The van der Waals surface area contributed by atoms with Crippen molar-refractivity contribution >= 4 is 23.6 Å². The van der Waals surface area contributed by atoms with Crippen molar-refractivity contribution in [2.24, 2.45) is 0 Å². The summed E-state index contributed by atoms with van der Waals surface area (Å²) in [6.45, 7) is 12.0. The fraction of sp³-hybridized carbons (Fsp3) is 0.464. The summed E-state index contributed by atoms with van der Waals surface area (Å²) in [4.78, 5) is 40.8. The SMILES string of the molecule is Cc1ccc(C(NC(=O)C2CCCN2C(=O)OC(C)(C)C)C(=O)Nc2ccc(C(C)C)cc2)cc1. The Bertz CT molecular complexity index is 1040. The van der Waals surface area contributed by atoms with E-state index in [-0.39, 0.29) is 11.8 Å². The molecule has 1 fully saturated rings. The summed E-state index contributed by atoms with van der Waals surface area (Å²) >= 11 is 0. The van der Waals surface area contributed by atoms with E-state index in [2.05, 4.69) is 24.5 Å². The van der Waals surface area contributed by atoms with Gasteiger partial charge in [-0.3, -0.25) is 14.5 Å². The average molecular weight is 480 g/mol. The number of anilines is 1. The van der Waals surface area contributed by atoms with E-state index < -0.39 is 23.8 Å². The Hall–Kier alpha value is -3.35. The first kappa shape index (κ1) is 26.3. The molecule has 0 aromatic heterocycles. The summed E-state index contributed by atoms with van der Waals surface area (Å²) in [6, 6.07) is 13.6. The molecule has 7 heteroatoms. The third-order valence-electron chi connectivity index (χ3n) is 5.99. The van der Waals surface area contributed by atoms with Crippen molar-refractivity contribution in [2.75, 3.05) is 11.9 Å². The standard InChI is InChI=1S/C28H37N3O4/c1-18(2)20-13-15-22(16-14-20)29-26(33)24(21-11-9-19(3)10-12-21)30-25(32)23-8-7-17-31(23)27(34)35-28(4,5)6/h9-16,18,23-24H,7-8,17H2,1-6H3,(H,29,33)(H,30,32). The molecule has 2 atom stereocenters. The number of likely N-dealkylation sites (tertiary alicyclic amines) is 1. The predicted molar refractivity (Wildman–Crippen MR) is 137 cm³/mol. The van der Waals surface area contributed by atoms with Crippen LogP contribution in [0.15, 0.2) is 48.5 Å². The van der Waals surface area contributed by atoms with E-state index in [4.69, 9.17) is 4.74 Å². The van der Waals surface area contributed by atoms with Crippen LogP contribution in [-0.2, 0) is 14.3 Å². The number of carbonyl (C=O) groups is 3. The Labute approximate surface area is 208 Å². The van der Waals surface area contributed by atoms with E-state index in [1.807, 2.05) is 55.5 Å². The van der Waals surface area contributed by atoms with Gasteiger partial charge in [-0.2, -0.15) is 0 Å². The molecule has 2 aromatic rings. The van der Waals surface area contributed by atoms with Gasteiger partial charge in [-0.15, -0.1) is 0 Å². The lowest BCUT2D eigenvalue weighted by Crippen LogP contribution is -2.49. The van der Waals surface area contributed by atoms with Crippen LogP contribution in [-0.4, -0.2) is 41.0 Å². The minimum absolute atomic E-state index is 0.346. The molecule has 0 saturated carbocycles. The predicted octanol–water partition coefficient (Wildman–Crippen LogP) is 5.31. The first-order valence-electron chi connectivity index (χ1n) is 12.2. The molecule has 3 amide bonds. The summed E-state index contributed by atoms with van der Waals surface area (Å²) in [5, 5.41) is 5.81. The summed E-state index contributed by atoms with van der Waals surface area (Å²) in [5.74, 6) is -0.329. The normalized spacial score (nSPS) is 16.7. The van der Waals surface area contributed by atoms with Crippen LogP contribution >= 0.6 is 0 Å². The molecule has 0 radical (unpaired) electrons. The Balaban J connectivity index is 1.79. The lowest BCUT2D eigenvalue weighted by Gasteiger charge is -2.29. The fourth-order valence-corrected chi connectivity index (χ4v) is 4.04. The van der Waals surface area contributed by atoms with Gasteiger partial charge in [0.15, 0.2) is 0 Å². The number of benzene rings is 2. The Morgan fingerprint density at radius 2 is 1.57 bits per heavy atom. The fourth-order valence-electron chi connectivity index (χ4n) is 4.04. The largest absolute Gasteiger partial charge is 0.444 e. The van der Waals surface area contributed by atoms with Gasteiger partial charge in [0.05, 0.1) is 0 Å². The second-order valence-corrected chi connectivity index (χ2v) is 10.5. The van der Waals surface area contributed by atoms with Crippen LogP contribution in [0, 0.1) is 6.92 Å². The maximum atomic E-state index is 13.3. The van der Waals surface area contributed by atoms with Crippen molar-refractivity contribution in [3.63, 3.8) is 0 Å². The second kappa shape index (κ2) is 10.9. The van der Waals surface area contributed by atoms with Crippen LogP contribution in [0.5, 0.6) is 0 Å². The molecule has 0 aliphatic carbocycles. The van der Waals surface area contributed by atoms with Gasteiger partial charge in [-0.1, -0.05) is 55.8 Å². The molecule has 1 aliphatic heterocycles. The zero-order valence-electron chi connectivity index (χ0n) is 21.6. The highest BCUT2D eigenvalue weighted by Gasteiger charge is 2.38. The number of nitrogens with zero attached hydrogens (tertiary/aromatic N) is 1. The van der Waals surface area contributed by atoms with E-state index >= 15 is 0 Å². The molecule has 1 saturated heterocycles. The van der Waals surface area contributed by atoms with Crippen molar-refractivity contribution in [2.45, 2.75) is 78.0 Å². The minimum atomic E-state index is -0.908. The highest BCUT2D eigenvalue weighted by Crippen LogP contribution is 2.24. The number of hydrogen-bond donors (Lipinski definition) is 2. The van der Waals surface area contributed by atoms with E-state index in [1.165, 1.54) is 10.5 Å². The number of rotatable bonds is 6. The lowest BCUT2D eigenvalue weighted by molar-refractivity contribution is -0.129. The zero-order valence-corrected chi connectivity index (χ0v) is 21.6. The van der Waals surface area contributed by atoms with Crippen LogP contribution in [0.1, 0.15) is 76.1 Å². The molecular formula is C28H37N3O4. The highest BCUT2D eigenvalue weighted by molar-refractivity contribution is 5.99. The Morgan fingerprint density at radius 1 is 0.971 bits per heavy atom. The maximum absolute atomic E-state index is 13.3. The molecular weight excluding hydrogens is 442 g/mol. The van der Waals surface area contributed by atoms with Crippen molar-refractivity contribution in [1.29, 1.82) is 0 Å². The van der Waals surface area contributed by atoms with Gasteiger partial charge in [0.1, 0.15) is 17.7 Å². The number of aryl methyl sites for hydroxylation is 1. The summed E-state index contributed by atoms with van der Waals surface area (Å²) in [6.07, 6.45) is 0.696. The van der Waals surface area contributed by atoms with E-state index in [0.29, 0.717) is 36.6 Å². The molecule has 0 spiro atoms. The summed E-state index contributed by atoms with van der Waals surface area (Å²) in [7, 11) is 0. The van der Waals surface area contributed by atoms with Crippen molar-refractivity contribution in [3.8, 4) is 0 Å². The van der Waals surface area contributed by atoms with Crippen molar-refractivity contribution < 1.29 is 19.1 Å². The Morgan fingerprint density at radius 3 is 2.14 bits per heavy atom.